The second-order valence-electron chi connectivity index (χ2n) is 6.70. The summed E-state index contributed by atoms with van der Waals surface area (Å²) in [6.07, 6.45) is 6.32. The molecule has 0 saturated heterocycles. The number of halogens is 1. The summed E-state index contributed by atoms with van der Waals surface area (Å²) in [5.74, 6) is -0.933. The molecule has 3 amide bonds. The van der Waals surface area contributed by atoms with Crippen LogP contribution in [-0.4, -0.2) is 30.6 Å². The van der Waals surface area contributed by atoms with Crippen molar-refractivity contribution in [2.45, 2.75) is 57.0 Å². The number of nitrogens with two attached hydrogens (primary N) is 1. The minimum absolute atomic E-state index is 0.145. The van der Waals surface area contributed by atoms with Gasteiger partial charge in [-0.15, -0.1) is 0 Å². The van der Waals surface area contributed by atoms with Crippen LogP contribution in [0.25, 0.3) is 0 Å². The van der Waals surface area contributed by atoms with Gasteiger partial charge in [-0.05, 0) is 24.5 Å². The predicted octanol–water partition coefficient (Wildman–Crippen LogP) is 2.82. The molecule has 2 rings (SSSR count). The Labute approximate surface area is 164 Å². The molecule has 1 atom stereocenters. The van der Waals surface area contributed by atoms with Gasteiger partial charge in [-0.25, -0.2) is 4.79 Å². The molecule has 1 saturated carbocycles. The van der Waals surface area contributed by atoms with E-state index in [1.165, 1.54) is 12.8 Å². The Hall–Kier alpha value is -2.28. The number of carbonyl (C=O) groups is 3. The monoisotopic (exact) mass is 395 g/mol. The average molecular weight is 396 g/mol. The first-order chi connectivity index (χ1) is 13.0. The molecule has 0 spiro atoms. The second-order valence-corrected chi connectivity index (χ2v) is 7.11. The van der Waals surface area contributed by atoms with E-state index < -0.39 is 18.0 Å². The van der Waals surface area contributed by atoms with Crippen molar-refractivity contribution in [1.29, 1.82) is 0 Å². The molecule has 1 aromatic rings. The van der Waals surface area contributed by atoms with Crippen LogP contribution in [0.15, 0.2) is 24.3 Å². The Morgan fingerprint density at radius 1 is 1.15 bits per heavy atom. The Morgan fingerprint density at radius 3 is 2.44 bits per heavy atom. The molecule has 0 bridgehead atoms. The van der Waals surface area contributed by atoms with E-state index in [1.807, 2.05) is 0 Å². The van der Waals surface area contributed by atoms with Crippen LogP contribution in [0, 0.1) is 0 Å². The Bertz CT molecular complexity index is 660. The number of benzene rings is 1. The lowest BCUT2D eigenvalue weighted by Gasteiger charge is -2.19. The van der Waals surface area contributed by atoms with Crippen LogP contribution in [0.2, 0.25) is 5.02 Å². The summed E-state index contributed by atoms with van der Waals surface area (Å²) in [5.41, 5.74) is 5.74. The number of rotatable bonds is 7. The molecule has 8 heteroatoms. The van der Waals surface area contributed by atoms with Crippen LogP contribution in [0.1, 0.15) is 56.6 Å². The predicted molar refractivity (Wildman–Crippen MR) is 102 cm³/mol. The van der Waals surface area contributed by atoms with Crippen LogP contribution in [-0.2, 0) is 14.3 Å². The molecule has 1 aliphatic rings. The van der Waals surface area contributed by atoms with Crippen molar-refractivity contribution in [3.8, 4) is 0 Å². The number of carbonyl (C=O) groups excluding carboxylic acids is 3. The maximum atomic E-state index is 12.1. The lowest BCUT2D eigenvalue weighted by atomic mass is 10.0. The van der Waals surface area contributed by atoms with Gasteiger partial charge in [0.25, 0.3) is 5.91 Å². The van der Waals surface area contributed by atoms with Gasteiger partial charge in [0.1, 0.15) is 0 Å². The molecule has 1 unspecified atom stereocenters. The van der Waals surface area contributed by atoms with E-state index in [1.54, 1.807) is 24.3 Å². The number of nitrogens with one attached hydrogen (secondary N) is 2. The number of urea groups is 1. The molecule has 7 nitrogen and oxygen atoms in total. The summed E-state index contributed by atoms with van der Waals surface area (Å²) >= 11 is 6.13. The third-order valence-corrected chi connectivity index (χ3v) is 4.90. The van der Waals surface area contributed by atoms with Gasteiger partial charge in [-0.3, -0.25) is 9.59 Å². The van der Waals surface area contributed by atoms with Crippen LogP contribution in [0.4, 0.5) is 4.79 Å². The summed E-state index contributed by atoms with van der Waals surface area (Å²) in [7, 11) is 0. The van der Waals surface area contributed by atoms with Crippen molar-refractivity contribution in [3.63, 3.8) is 0 Å². The zero-order valence-electron chi connectivity index (χ0n) is 15.2. The van der Waals surface area contributed by atoms with Crippen molar-refractivity contribution in [1.82, 2.24) is 10.6 Å². The van der Waals surface area contributed by atoms with Gasteiger partial charge >= 0.3 is 12.0 Å². The quantitative estimate of drug-likeness (QED) is 0.487. The summed E-state index contributed by atoms with van der Waals surface area (Å²) in [4.78, 5) is 35.4. The number of amides is 3. The lowest BCUT2D eigenvalue weighted by molar-refractivity contribution is -0.149. The zero-order valence-corrected chi connectivity index (χ0v) is 16.0. The molecule has 0 radical (unpaired) electrons. The maximum absolute atomic E-state index is 12.1. The van der Waals surface area contributed by atoms with E-state index in [4.69, 9.17) is 22.1 Å². The van der Waals surface area contributed by atoms with Crippen molar-refractivity contribution in [3.05, 3.63) is 34.9 Å². The van der Waals surface area contributed by atoms with Crippen LogP contribution >= 0.6 is 11.6 Å². The SMILES string of the molecule is NC(=O)NC(CC(=O)OCC(=O)NC1CCCCCC1)c1ccccc1Cl. The molecule has 0 aliphatic heterocycles. The normalized spacial score (nSPS) is 16.0. The molecule has 4 N–H and O–H groups in total. The highest BCUT2D eigenvalue weighted by molar-refractivity contribution is 6.31. The van der Waals surface area contributed by atoms with E-state index in [-0.39, 0.29) is 25.0 Å². The highest BCUT2D eigenvalue weighted by atomic mass is 35.5. The van der Waals surface area contributed by atoms with Gasteiger partial charge in [0.2, 0.25) is 0 Å². The van der Waals surface area contributed by atoms with Crippen LogP contribution < -0.4 is 16.4 Å². The van der Waals surface area contributed by atoms with Crippen molar-refractivity contribution in [2.24, 2.45) is 5.73 Å². The highest BCUT2D eigenvalue weighted by Gasteiger charge is 2.22. The number of ether oxygens (including phenoxy) is 1. The smallest absolute Gasteiger partial charge is 0.312 e. The Morgan fingerprint density at radius 2 is 1.81 bits per heavy atom. The molecule has 1 fully saturated rings. The number of hydrogen-bond donors (Lipinski definition) is 3. The van der Waals surface area contributed by atoms with Gasteiger partial charge in [-0.1, -0.05) is 55.5 Å². The second kappa shape index (κ2) is 10.8. The summed E-state index contributed by atoms with van der Waals surface area (Å²) < 4.78 is 5.06. The van der Waals surface area contributed by atoms with E-state index in [0.717, 1.165) is 25.7 Å². The molecule has 0 aromatic heterocycles. The summed E-state index contributed by atoms with van der Waals surface area (Å²) in [6, 6.07) is 5.46. The Balaban J connectivity index is 1.85. The largest absolute Gasteiger partial charge is 0.456 e. The van der Waals surface area contributed by atoms with Gasteiger partial charge in [0.15, 0.2) is 6.61 Å². The minimum atomic E-state index is -0.779. The van der Waals surface area contributed by atoms with Crippen molar-refractivity contribution in [2.75, 3.05) is 6.61 Å². The third kappa shape index (κ3) is 7.46. The molecule has 27 heavy (non-hydrogen) atoms. The number of hydrogen-bond acceptors (Lipinski definition) is 4. The molecule has 0 heterocycles. The molecule has 1 aromatic carbocycles. The van der Waals surface area contributed by atoms with Gasteiger partial charge in [0.05, 0.1) is 12.5 Å². The maximum Gasteiger partial charge on any atom is 0.312 e. The first-order valence-corrected chi connectivity index (χ1v) is 9.59. The third-order valence-electron chi connectivity index (χ3n) is 4.55. The number of primary amides is 1. The Kier molecular flexibility index (Phi) is 8.39. The minimum Gasteiger partial charge on any atom is -0.456 e. The lowest BCUT2D eigenvalue weighted by Crippen LogP contribution is -2.38. The zero-order chi connectivity index (χ0) is 19.6. The average Bonchev–Trinajstić information content (AvgIpc) is 2.88. The van der Waals surface area contributed by atoms with Crippen LogP contribution in [0.5, 0.6) is 0 Å². The van der Waals surface area contributed by atoms with Crippen molar-refractivity contribution >= 4 is 29.5 Å². The molecular formula is C19H26ClN3O4. The fourth-order valence-electron chi connectivity index (χ4n) is 3.23. The van der Waals surface area contributed by atoms with E-state index in [9.17, 15) is 14.4 Å². The van der Waals surface area contributed by atoms with Crippen LogP contribution in [0.3, 0.4) is 0 Å². The van der Waals surface area contributed by atoms with Gasteiger partial charge in [-0.2, -0.15) is 0 Å². The van der Waals surface area contributed by atoms with Crippen molar-refractivity contribution < 1.29 is 19.1 Å². The number of esters is 1. The van der Waals surface area contributed by atoms with Gasteiger partial charge in [0, 0.05) is 11.1 Å². The summed E-state index contributed by atoms with van der Waals surface area (Å²) in [5, 5.41) is 5.79. The standard InChI is InChI=1S/C19H26ClN3O4/c20-15-10-6-5-9-14(15)16(23-19(21)26)11-18(25)27-12-17(24)22-13-7-3-1-2-4-8-13/h5-6,9-10,13,16H,1-4,7-8,11-12H2,(H,22,24)(H3,21,23,26). The van der Waals surface area contributed by atoms with E-state index in [2.05, 4.69) is 10.6 Å². The molecular weight excluding hydrogens is 370 g/mol. The van der Waals surface area contributed by atoms with Gasteiger partial charge < -0.3 is 21.1 Å². The first kappa shape index (κ1) is 21.0. The van der Waals surface area contributed by atoms with E-state index in [0.29, 0.717) is 10.6 Å². The first-order valence-electron chi connectivity index (χ1n) is 9.21. The molecule has 148 valence electrons. The fourth-order valence-corrected chi connectivity index (χ4v) is 3.50. The topological polar surface area (TPSA) is 111 Å². The summed E-state index contributed by atoms with van der Waals surface area (Å²) in [6.45, 7) is -0.346. The van der Waals surface area contributed by atoms with E-state index >= 15 is 0 Å². The fraction of sp³-hybridized carbons (Fsp3) is 0.526. The highest BCUT2D eigenvalue weighted by Crippen LogP contribution is 2.25. The molecule has 1 aliphatic carbocycles.